The number of anilines is 1. The molecule has 1 aliphatic heterocycles. The summed E-state index contributed by atoms with van der Waals surface area (Å²) in [5.74, 6) is -0.151. The van der Waals surface area contributed by atoms with Crippen LogP contribution in [0, 0.1) is 0 Å². The summed E-state index contributed by atoms with van der Waals surface area (Å²) in [6.45, 7) is 0.127. The summed E-state index contributed by atoms with van der Waals surface area (Å²) in [6.07, 6.45) is 2.99. The van der Waals surface area contributed by atoms with E-state index in [1.165, 1.54) is 22.9 Å². The molecule has 0 spiro atoms. The van der Waals surface area contributed by atoms with Crippen LogP contribution in [0.5, 0.6) is 5.75 Å². The molecule has 1 aliphatic rings. The third-order valence-electron chi connectivity index (χ3n) is 3.82. The van der Waals surface area contributed by atoms with Crippen LogP contribution in [-0.2, 0) is 11.3 Å². The number of H-pyrrole nitrogens is 1. The monoisotopic (exact) mass is 339 g/mol. The van der Waals surface area contributed by atoms with Crippen molar-refractivity contribution >= 4 is 23.1 Å². The molecule has 0 fully saturated rings. The summed E-state index contributed by atoms with van der Waals surface area (Å²) in [4.78, 5) is 42.2. The molecule has 25 heavy (non-hydrogen) atoms. The first kappa shape index (κ1) is 14.9. The Balaban J connectivity index is 1.56. The lowest BCUT2D eigenvalue weighted by Gasteiger charge is -2.20. The van der Waals surface area contributed by atoms with E-state index in [-0.39, 0.29) is 24.8 Å². The van der Waals surface area contributed by atoms with Gasteiger partial charge in [0.25, 0.3) is 11.8 Å². The first-order valence-electron chi connectivity index (χ1n) is 7.51. The molecule has 126 valence electrons. The Labute approximate surface area is 140 Å². The number of carbonyl (C=O) groups excluding carboxylic acids is 2. The molecule has 0 unspecified atom stereocenters. The van der Waals surface area contributed by atoms with Gasteiger partial charge in [-0.15, -0.1) is 0 Å². The zero-order valence-corrected chi connectivity index (χ0v) is 12.9. The number of benzene rings is 1. The fourth-order valence-electron chi connectivity index (χ4n) is 2.63. The molecule has 0 saturated carbocycles. The highest BCUT2D eigenvalue weighted by Crippen LogP contribution is 2.30. The molecule has 9 heteroatoms. The van der Waals surface area contributed by atoms with Crippen molar-refractivity contribution in [3.05, 3.63) is 58.4 Å². The van der Waals surface area contributed by atoms with Gasteiger partial charge >= 0.3 is 5.69 Å². The average molecular weight is 339 g/mol. The highest BCUT2D eigenvalue weighted by Gasteiger charge is 2.19. The molecule has 3 aromatic rings. The van der Waals surface area contributed by atoms with Crippen LogP contribution in [0.15, 0.2) is 41.5 Å². The van der Waals surface area contributed by atoms with Crippen LogP contribution < -0.4 is 21.1 Å². The van der Waals surface area contributed by atoms with Crippen LogP contribution in [0.1, 0.15) is 16.1 Å². The van der Waals surface area contributed by atoms with Gasteiger partial charge in [0, 0.05) is 25.0 Å². The molecule has 0 atom stereocenters. The summed E-state index contributed by atoms with van der Waals surface area (Å²) in [5.41, 5.74) is 1.28. The molecule has 0 radical (unpaired) electrons. The maximum Gasteiger partial charge on any atom is 0.331 e. The molecule has 2 amide bonds. The minimum absolute atomic E-state index is 0.0334. The van der Waals surface area contributed by atoms with Crippen LogP contribution in [0.2, 0.25) is 0 Å². The number of para-hydroxylation sites is 1. The molecule has 2 aromatic heterocycles. The molecule has 0 bridgehead atoms. The largest absolute Gasteiger partial charge is 0.482 e. The number of nitrogens with zero attached hydrogens (tertiary/aromatic N) is 2. The highest BCUT2D eigenvalue weighted by atomic mass is 16.5. The number of amides is 2. The second kappa shape index (κ2) is 5.78. The third-order valence-corrected chi connectivity index (χ3v) is 3.82. The van der Waals surface area contributed by atoms with E-state index in [1.807, 2.05) is 0 Å². The van der Waals surface area contributed by atoms with Crippen LogP contribution >= 0.6 is 0 Å². The first-order chi connectivity index (χ1) is 12.1. The summed E-state index contributed by atoms with van der Waals surface area (Å²) in [6, 6.07) is 6.77. The number of imidazole rings is 1. The zero-order chi connectivity index (χ0) is 17.4. The smallest absolute Gasteiger partial charge is 0.331 e. The van der Waals surface area contributed by atoms with Crippen LogP contribution in [0.25, 0.3) is 5.65 Å². The van der Waals surface area contributed by atoms with Gasteiger partial charge in [0.05, 0.1) is 5.69 Å². The number of carbonyl (C=O) groups is 2. The van der Waals surface area contributed by atoms with Crippen LogP contribution in [0.3, 0.4) is 0 Å². The number of rotatable bonds is 3. The number of aromatic amines is 1. The number of nitrogens with one attached hydrogen (secondary N) is 3. The maximum atomic E-state index is 12.3. The summed E-state index contributed by atoms with van der Waals surface area (Å²) < 4.78 is 6.64. The SMILES string of the molecule is O=C1COc2cccc(CNC(=O)c3cc4nccn4c(=O)[nH]3)c2N1. The van der Waals surface area contributed by atoms with Crippen molar-refractivity contribution in [3.8, 4) is 5.75 Å². The van der Waals surface area contributed by atoms with Crippen molar-refractivity contribution in [2.24, 2.45) is 0 Å². The minimum Gasteiger partial charge on any atom is -0.482 e. The molecule has 4 rings (SSSR count). The second-order valence-electron chi connectivity index (χ2n) is 5.45. The second-order valence-corrected chi connectivity index (χ2v) is 5.45. The molecule has 3 heterocycles. The van der Waals surface area contributed by atoms with Gasteiger partial charge in [0.2, 0.25) is 0 Å². The van der Waals surface area contributed by atoms with Gasteiger partial charge in [-0.2, -0.15) is 0 Å². The number of fused-ring (bicyclic) bond motifs is 2. The van der Waals surface area contributed by atoms with E-state index in [1.54, 1.807) is 18.2 Å². The van der Waals surface area contributed by atoms with Gasteiger partial charge in [-0.1, -0.05) is 12.1 Å². The Morgan fingerprint density at radius 3 is 3.12 bits per heavy atom. The Bertz CT molecular complexity index is 1050. The molecule has 0 saturated heterocycles. The molecular weight excluding hydrogens is 326 g/mol. The molecule has 3 N–H and O–H groups in total. The number of ether oxygens (including phenoxy) is 1. The normalized spacial score (nSPS) is 13.0. The maximum absolute atomic E-state index is 12.3. The van der Waals surface area contributed by atoms with Gasteiger partial charge in [-0.05, 0) is 11.6 Å². The summed E-state index contributed by atoms with van der Waals surface area (Å²) >= 11 is 0. The summed E-state index contributed by atoms with van der Waals surface area (Å²) in [5, 5.41) is 5.45. The molecular formula is C16H13N5O4. The van der Waals surface area contributed by atoms with Crippen molar-refractivity contribution in [1.29, 1.82) is 0 Å². The Morgan fingerprint density at radius 1 is 1.36 bits per heavy atom. The van der Waals surface area contributed by atoms with Gasteiger partial charge in [0.1, 0.15) is 17.1 Å². The van der Waals surface area contributed by atoms with Gasteiger partial charge in [-0.3, -0.25) is 14.0 Å². The van der Waals surface area contributed by atoms with Gasteiger partial charge in [-0.25, -0.2) is 9.78 Å². The molecule has 1 aromatic carbocycles. The van der Waals surface area contributed by atoms with Crippen molar-refractivity contribution in [2.45, 2.75) is 6.54 Å². The van der Waals surface area contributed by atoms with Crippen molar-refractivity contribution < 1.29 is 14.3 Å². The predicted molar refractivity (Wildman–Crippen MR) is 87.5 cm³/mol. The van der Waals surface area contributed by atoms with Crippen molar-refractivity contribution in [1.82, 2.24) is 19.7 Å². The topological polar surface area (TPSA) is 118 Å². The van der Waals surface area contributed by atoms with E-state index in [0.29, 0.717) is 22.6 Å². The lowest BCUT2D eigenvalue weighted by molar-refractivity contribution is -0.118. The van der Waals surface area contributed by atoms with E-state index >= 15 is 0 Å². The average Bonchev–Trinajstić information content (AvgIpc) is 3.09. The third kappa shape index (κ3) is 2.71. The Kier molecular flexibility index (Phi) is 3.46. The minimum atomic E-state index is -0.455. The van der Waals surface area contributed by atoms with Crippen molar-refractivity contribution in [3.63, 3.8) is 0 Å². The molecule has 0 aliphatic carbocycles. The first-order valence-corrected chi connectivity index (χ1v) is 7.51. The number of hydrogen-bond acceptors (Lipinski definition) is 5. The lowest BCUT2D eigenvalue weighted by atomic mass is 10.1. The van der Waals surface area contributed by atoms with Crippen LogP contribution in [-0.4, -0.2) is 32.8 Å². The van der Waals surface area contributed by atoms with E-state index in [2.05, 4.69) is 20.6 Å². The predicted octanol–water partition coefficient (Wildman–Crippen LogP) is 0.283. The lowest BCUT2D eigenvalue weighted by Crippen LogP contribution is -2.30. The van der Waals surface area contributed by atoms with E-state index in [4.69, 9.17) is 4.74 Å². The number of aromatic nitrogens is 3. The van der Waals surface area contributed by atoms with Crippen LogP contribution in [0.4, 0.5) is 5.69 Å². The zero-order valence-electron chi connectivity index (χ0n) is 12.9. The van der Waals surface area contributed by atoms with Crippen molar-refractivity contribution in [2.75, 3.05) is 11.9 Å². The quantitative estimate of drug-likeness (QED) is 0.634. The number of hydrogen-bond donors (Lipinski definition) is 3. The van der Waals surface area contributed by atoms with Gasteiger partial charge < -0.3 is 20.4 Å². The highest BCUT2D eigenvalue weighted by molar-refractivity contribution is 5.97. The summed E-state index contributed by atoms with van der Waals surface area (Å²) in [7, 11) is 0. The van der Waals surface area contributed by atoms with E-state index in [0.717, 1.165) is 0 Å². The molecule has 9 nitrogen and oxygen atoms in total. The van der Waals surface area contributed by atoms with E-state index < -0.39 is 11.6 Å². The van der Waals surface area contributed by atoms with E-state index in [9.17, 15) is 14.4 Å². The van der Waals surface area contributed by atoms with Gasteiger partial charge in [0.15, 0.2) is 6.61 Å². The Hall–Kier alpha value is -3.62. The standard InChI is InChI=1S/C16H13N5O4/c22-13-8-25-11-3-1-2-9(14(11)20-13)7-18-15(23)10-6-12-17-4-5-21(12)16(24)19-10/h1-6H,7-8H2,(H,18,23)(H,19,24)(H,20,22). The Morgan fingerprint density at radius 2 is 2.24 bits per heavy atom. The fourth-order valence-corrected chi connectivity index (χ4v) is 2.63. The fraction of sp³-hybridized carbons (Fsp3) is 0.125.